The van der Waals surface area contributed by atoms with E-state index in [2.05, 4.69) is 6.92 Å². The molecule has 1 atom stereocenters. The average Bonchev–Trinajstić information content (AvgIpc) is 2.78. The molecule has 0 aromatic carbocycles. The summed E-state index contributed by atoms with van der Waals surface area (Å²) in [5.74, 6) is -0.156. The van der Waals surface area contributed by atoms with Crippen LogP contribution < -0.4 is 0 Å². The molecule has 0 radical (unpaired) electrons. The van der Waals surface area contributed by atoms with E-state index in [1.54, 1.807) is 0 Å². The summed E-state index contributed by atoms with van der Waals surface area (Å²) >= 11 is 0. The second-order valence-corrected chi connectivity index (χ2v) is 4.92. The van der Waals surface area contributed by atoms with Crippen molar-refractivity contribution >= 4 is 5.78 Å². The van der Waals surface area contributed by atoms with E-state index in [0.29, 0.717) is 19.6 Å². The zero-order valence-corrected chi connectivity index (χ0v) is 9.04. The fraction of sp³-hybridized carbons (Fsp3) is 0.750. The van der Waals surface area contributed by atoms with Gasteiger partial charge < -0.3 is 9.47 Å². The molecule has 15 heavy (non-hydrogen) atoms. The number of hydrogen-bond acceptors (Lipinski definition) is 3. The molecule has 0 bridgehead atoms. The average molecular weight is 208 g/mol. The van der Waals surface area contributed by atoms with Crippen LogP contribution in [0.15, 0.2) is 11.6 Å². The summed E-state index contributed by atoms with van der Waals surface area (Å²) in [6.45, 7) is 3.57. The monoisotopic (exact) mass is 208 g/mol. The summed E-state index contributed by atoms with van der Waals surface area (Å²) in [6.07, 6.45) is 5.18. The Bertz CT molecular complexity index is 339. The molecule has 0 amide bonds. The second kappa shape index (κ2) is 2.92. The van der Waals surface area contributed by atoms with Gasteiger partial charge in [-0.2, -0.15) is 0 Å². The third-order valence-electron chi connectivity index (χ3n) is 4.23. The highest BCUT2D eigenvalue weighted by Crippen LogP contribution is 2.58. The van der Waals surface area contributed by atoms with E-state index in [4.69, 9.17) is 9.47 Å². The van der Waals surface area contributed by atoms with Crippen LogP contribution >= 0.6 is 0 Å². The van der Waals surface area contributed by atoms with Crippen molar-refractivity contribution in [3.63, 3.8) is 0 Å². The normalized spacial score (nSPS) is 38.2. The maximum absolute atomic E-state index is 11.4. The molecule has 3 aliphatic rings. The number of ketones is 1. The van der Waals surface area contributed by atoms with Crippen LogP contribution in [0.1, 0.15) is 32.6 Å². The molecule has 3 rings (SSSR count). The molecule has 1 saturated carbocycles. The van der Waals surface area contributed by atoms with Gasteiger partial charge in [-0.25, -0.2) is 0 Å². The maximum Gasteiger partial charge on any atom is 0.177 e. The highest BCUT2D eigenvalue weighted by Gasteiger charge is 2.59. The Kier molecular flexibility index (Phi) is 1.86. The lowest BCUT2D eigenvalue weighted by Crippen LogP contribution is -2.45. The molecule has 1 heterocycles. The van der Waals surface area contributed by atoms with Crippen molar-refractivity contribution in [3.05, 3.63) is 11.6 Å². The third kappa shape index (κ3) is 1.11. The molecule has 0 aromatic heterocycles. The number of fused-ring (bicyclic) bond motifs is 2. The molecule has 2 fully saturated rings. The number of rotatable bonds is 0. The van der Waals surface area contributed by atoms with Crippen molar-refractivity contribution in [1.82, 2.24) is 0 Å². The van der Waals surface area contributed by atoms with Crippen LogP contribution in [-0.2, 0) is 14.3 Å². The van der Waals surface area contributed by atoms with Crippen LogP contribution in [0, 0.1) is 5.41 Å². The summed E-state index contributed by atoms with van der Waals surface area (Å²) in [7, 11) is 0. The smallest absolute Gasteiger partial charge is 0.177 e. The number of carbonyl (C=O) groups is 1. The van der Waals surface area contributed by atoms with Gasteiger partial charge >= 0.3 is 0 Å². The Labute approximate surface area is 89.4 Å². The van der Waals surface area contributed by atoms with Crippen molar-refractivity contribution in [2.75, 3.05) is 13.2 Å². The van der Waals surface area contributed by atoms with Gasteiger partial charge in [0.15, 0.2) is 11.6 Å². The topological polar surface area (TPSA) is 35.5 Å². The van der Waals surface area contributed by atoms with E-state index >= 15 is 0 Å². The van der Waals surface area contributed by atoms with Crippen LogP contribution in [-0.4, -0.2) is 24.8 Å². The SMILES string of the molecule is C[C@]12CCC(=O)C=C1CCC21OCCO1. The highest BCUT2D eigenvalue weighted by molar-refractivity contribution is 5.91. The minimum absolute atomic E-state index is 0.0581. The summed E-state index contributed by atoms with van der Waals surface area (Å²) in [4.78, 5) is 11.4. The first-order valence-corrected chi connectivity index (χ1v) is 5.68. The number of hydrogen-bond donors (Lipinski definition) is 0. The zero-order valence-electron chi connectivity index (χ0n) is 9.04. The Hall–Kier alpha value is -0.670. The molecule has 1 aliphatic heterocycles. The van der Waals surface area contributed by atoms with Gasteiger partial charge in [0.05, 0.1) is 13.2 Å². The third-order valence-corrected chi connectivity index (χ3v) is 4.23. The van der Waals surface area contributed by atoms with Gasteiger partial charge in [-0.3, -0.25) is 4.79 Å². The standard InChI is InChI=1S/C12H16O3/c1-11-4-3-10(13)8-9(11)2-5-12(11)14-6-7-15-12/h8H,2-7H2,1H3/t11-/m0/s1. The highest BCUT2D eigenvalue weighted by atomic mass is 16.7. The van der Waals surface area contributed by atoms with Crippen LogP contribution in [0.4, 0.5) is 0 Å². The van der Waals surface area contributed by atoms with Crippen LogP contribution in [0.3, 0.4) is 0 Å². The van der Waals surface area contributed by atoms with Gasteiger partial charge in [0.25, 0.3) is 0 Å². The van der Waals surface area contributed by atoms with Crippen molar-refractivity contribution in [2.45, 2.75) is 38.4 Å². The lowest BCUT2D eigenvalue weighted by atomic mass is 9.72. The number of allylic oxidation sites excluding steroid dienone is 1. The Balaban J connectivity index is 2.03. The molecule has 2 aliphatic carbocycles. The quantitative estimate of drug-likeness (QED) is 0.609. The van der Waals surface area contributed by atoms with Crippen LogP contribution in [0.25, 0.3) is 0 Å². The van der Waals surface area contributed by atoms with Crippen molar-refractivity contribution in [2.24, 2.45) is 5.41 Å². The van der Waals surface area contributed by atoms with E-state index in [9.17, 15) is 4.79 Å². The Morgan fingerprint density at radius 2 is 1.93 bits per heavy atom. The van der Waals surface area contributed by atoms with Gasteiger partial charge in [0.2, 0.25) is 0 Å². The number of carbonyl (C=O) groups excluding carboxylic acids is 1. The zero-order chi connectivity index (χ0) is 10.5. The molecule has 3 heteroatoms. The summed E-state index contributed by atoms with van der Waals surface area (Å²) in [5, 5.41) is 0. The van der Waals surface area contributed by atoms with Crippen molar-refractivity contribution in [1.29, 1.82) is 0 Å². The predicted molar refractivity (Wildman–Crippen MR) is 54.3 cm³/mol. The second-order valence-electron chi connectivity index (χ2n) is 4.92. The van der Waals surface area contributed by atoms with Gasteiger partial charge in [-0.05, 0) is 18.9 Å². The lowest BCUT2D eigenvalue weighted by molar-refractivity contribution is -0.211. The van der Waals surface area contributed by atoms with Crippen molar-refractivity contribution in [3.8, 4) is 0 Å². The Morgan fingerprint density at radius 1 is 1.20 bits per heavy atom. The first-order valence-electron chi connectivity index (χ1n) is 5.68. The van der Waals surface area contributed by atoms with Gasteiger partial charge in [-0.1, -0.05) is 12.5 Å². The maximum atomic E-state index is 11.4. The minimum atomic E-state index is -0.417. The molecule has 0 unspecified atom stereocenters. The van der Waals surface area contributed by atoms with E-state index in [-0.39, 0.29) is 11.2 Å². The first kappa shape index (κ1) is 9.55. The van der Waals surface area contributed by atoms with E-state index in [1.165, 1.54) is 5.57 Å². The molecule has 0 aromatic rings. The van der Waals surface area contributed by atoms with Gasteiger partial charge in [0.1, 0.15) is 0 Å². The molecular formula is C12H16O3. The van der Waals surface area contributed by atoms with E-state index < -0.39 is 5.79 Å². The summed E-state index contributed by atoms with van der Waals surface area (Å²) in [5.41, 5.74) is 1.18. The van der Waals surface area contributed by atoms with E-state index in [1.807, 2.05) is 6.08 Å². The molecule has 1 spiro atoms. The summed E-state index contributed by atoms with van der Waals surface area (Å²) in [6, 6.07) is 0. The van der Waals surface area contributed by atoms with Gasteiger partial charge in [-0.15, -0.1) is 0 Å². The predicted octanol–water partition coefficient (Wildman–Crippen LogP) is 1.82. The largest absolute Gasteiger partial charge is 0.347 e. The number of ether oxygens (including phenoxy) is 2. The van der Waals surface area contributed by atoms with Gasteiger partial charge in [0, 0.05) is 18.3 Å². The first-order chi connectivity index (χ1) is 7.16. The minimum Gasteiger partial charge on any atom is -0.347 e. The lowest BCUT2D eigenvalue weighted by Gasteiger charge is -2.41. The molecule has 1 saturated heterocycles. The van der Waals surface area contributed by atoms with Crippen LogP contribution in [0.2, 0.25) is 0 Å². The fourth-order valence-corrected chi connectivity index (χ4v) is 3.24. The summed E-state index contributed by atoms with van der Waals surface area (Å²) < 4.78 is 11.7. The molecule has 3 nitrogen and oxygen atoms in total. The van der Waals surface area contributed by atoms with E-state index in [0.717, 1.165) is 19.3 Å². The molecule has 0 N–H and O–H groups in total. The van der Waals surface area contributed by atoms with Crippen LogP contribution in [0.5, 0.6) is 0 Å². The fourth-order valence-electron chi connectivity index (χ4n) is 3.24. The molecular weight excluding hydrogens is 192 g/mol. The molecule has 82 valence electrons. The van der Waals surface area contributed by atoms with Crippen molar-refractivity contribution < 1.29 is 14.3 Å². The Morgan fingerprint density at radius 3 is 2.67 bits per heavy atom.